The monoisotopic (exact) mass is 228 g/mol. The fraction of sp³-hybridized carbons (Fsp3) is 0.300. The number of ether oxygens (including phenoxy) is 1. The fourth-order valence-corrected chi connectivity index (χ4v) is 1.10. The number of rotatable bonds is 4. The summed E-state index contributed by atoms with van der Waals surface area (Å²) in [6.45, 7) is 1.76. The Morgan fingerprint density at radius 2 is 2.38 bits per heavy atom. The molecule has 0 saturated heterocycles. The molecule has 0 fully saturated rings. The molecule has 0 radical (unpaired) electrons. The first kappa shape index (κ1) is 12.1. The van der Waals surface area contributed by atoms with Crippen molar-refractivity contribution >= 4 is 11.8 Å². The van der Waals surface area contributed by atoms with Crippen LogP contribution >= 0.6 is 0 Å². The van der Waals surface area contributed by atoms with Crippen molar-refractivity contribution < 1.29 is 19.0 Å². The van der Waals surface area contributed by atoms with Gasteiger partial charge in [-0.1, -0.05) is 0 Å². The largest absolute Gasteiger partial charge is 0.487 e. The van der Waals surface area contributed by atoms with Crippen molar-refractivity contribution in [2.24, 2.45) is 0 Å². The average Bonchev–Trinajstić information content (AvgIpc) is 2.20. The maximum Gasteiger partial charge on any atom is 0.404 e. The summed E-state index contributed by atoms with van der Waals surface area (Å²) in [6, 6.07) is 3.77. The molecule has 0 aromatic heterocycles. The van der Waals surface area contributed by atoms with Gasteiger partial charge in [-0.15, -0.1) is 0 Å². The van der Waals surface area contributed by atoms with E-state index in [1.807, 2.05) is 0 Å². The van der Waals surface area contributed by atoms with Crippen LogP contribution in [0.3, 0.4) is 0 Å². The first-order valence-electron chi connectivity index (χ1n) is 4.67. The highest BCUT2D eigenvalue weighted by atomic mass is 19.1. The van der Waals surface area contributed by atoms with Crippen LogP contribution in [-0.4, -0.2) is 23.8 Å². The van der Waals surface area contributed by atoms with Gasteiger partial charge in [-0.25, -0.2) is 9.18 Å². The molecule has 5 nitrogen and oxygen atoms in total. The number of nitrogens with one attached hydrogen (secondary N) is 1. The zero-order valence-electron chi connectivity index (χ0n) is 8.74. The molecule has 1 unspecified atom stereocenters. The van der Waals surface area contributed by atoms with Gasteiger partial charge in [-0.3, -0.25) is 0 Å². The normalized spacial score (nSPS) is 11.9. The highest BCUT2D eigenvalue weighted by Gasteiger charge is 2.08. The van der Waals surface area contributed by atoms with Crippen LogP contribution in [0.15, 0.2) is 18.2 Å². The Hall–Kier alpha value is -1.98. The van der Waals surface area contributed by atoms with Gasteiger partial charge in [0.2, 0.25) is 0 Å². The molecule has 0 spiro atoms. The predicted molar refractivity (Wildman–Crippen MR) is 56.9 cm³/mol. The van der Waals surface area contributed by atoms with Crippen molar-refractivity contribution in [2.75, 3.05) is 12.3 Å². The lowest BCUT2D eigenvalue weighted by molar-refractivity contribution is 0.178. The summed E-state index contributed by atoms with van der Waals surface area (Å²) in [5, 5.41) is 10.5. The minimum absolute atomic E-state index is 0.102. The van der Waals surface area contributed by atoms with Gasteiger partial charge >= 0.3 is 6.09 Å². The molecular weight excluding hydrogens is 215 g/mol. The number of hydrogen-bond donors (Lipinski definition) is 3. The lowest BCUT2D eigenvalue weighted by Crippen LogP contribution is -2.32. The Labute approximate surface area is 92.0 Å². The standard InChI is InChI=1S/C10H13FN2O3/c1-6(5-13-10(14)15)16-9-4-7(11)2-3-8(9)12/h2-4,6,13H,5,12H2,1H3,(H,14,15). The average molecular weight is 228 g/mol. The van der Waals surface area contributed by atoms with Crippen LogP contribution in [0.1, 0.15) is 6.92 Å². The zero-order chi connectivity index (χ0) is 12.1. The molecule has 1 aromatic rings. The maximum absolute atomic E-state index is 12.9. The van der Waals surface area contributed by atoms with Gasteiger partial charge < -0.3 is 20.9 Å². The molecule has 0 aliphatic carbocycles. The number of hydrogen-bond acceptors (Lipinski definition) is 3. The lowest BCUT2D eigenvalue weighted by Gasteiger charge is -2.15. The van der Waals surface area contributed by atoms with E-state index in [1.165, 1.54) is 12.1 Å². The Bertz CT molecular complexity index is 384. The number of nitrogen functional groups attached to an aromatic ring is 1. The van der Waals surface area contributed by atoms with E-state index in [0.29, 0.717) is 5.69 Å². The van der Waals surface area contributed by atoms with Crippen LogP contribution < -0.4 is 15.8 Å². The third-order valence-corrected chi connectivity index (χ3v) is 1.84. The van der Waals surface area contributed by atoms with E-state index in [9.17, 15) is 9.18 Å². The van der Waals surface area contributed by atoms with E-state index >= 15 is 0 Å². The van der Waals surface area contributed by atoms with Crippen LogP contribution in [-0.2, 0) is 0 Å². The van der Waals surface area contributed by atoms with Crippen molar-refractivity contribution in [2.45, 2.75) is 13.0 Å². The van der Waals surface area contributed by atoms with Crippen molar-refractivity contribution in [1.82, 2.24) is 5.32 Å². The molecule has 88 valence electrons. The Kier molecular flexibility index (Phi) is 3.93. The Balaban J connectivity index is 2.58. The SMILES string of the molecule is CC(CNC(=O)O)Oc1cc(F)ccc1N. The second-order valence-electron chi connectivity index (χ2n) is 3.30. The molecule has 0 bridgehead atoms. The molecule has 0 heterocycles. The van der Waals surface area contributed by atoms with Gasteiger partial charge in [0.05, 0.1) is 12.2 Å². The van der Waals surface area contributed by atoms with Crippen LogP contribution in [0.5, 0.6) is 5.75 Å². The number of nitrogens with two attached hydrogens (primary N) is 1. The van der Waals surface area contributed by atoms with Crippen LogP contribution in [0.2, 0.25) is 0 Å². The fourth-order valence-electron chi connectivity index (χ4n) is 1.10. The summed E-state index contributed by atoms with van der Waals surface area (Å²) in [7, 11) is 0. The number of anilines is 1. The van der Waals surface area contributed by atoms with Gasteiger partial charge in [0.15, 0.2) is 0 Å². The van der Waals surface area contributed by atoms with Crippen molar-refractivity contribution in [1.29, 1.82) is 0 Å². The van der Waals surface area contributed by atoms with Crippen LogP contribution in [0, 0.1) is 5.82 Å². The Morgan fingerprint density at radius 3 is 3.00 bits per heavy atom. The van der Waals surface area contributed by atoms with Crippen molar-refractivity contribution in [3.05, 3.63) is 24.0 Å². The number of carboxylic acid groups (broad SMARTS) is 1. The van der Waals surface area contributed by atoms with Gasteiger partial charge in [0.1, 0.15) is 17.7 Å². The summed E-state index contributed by atoms with van der Waals surface area (Å²) in [5.41, 5.74) is 5.87. The molecule has 1 aromatic carbocycles. The summed E-state index contributed by atoms with van der Waals surface area (Å²) in [5.74, 6) is -0.248. The van der Waals surface area contributed by atoms with E-state index in [-0.39, 0.29) is 12.3 Å². The van der Waals surface area contributed by atoms with E-state index in [1.54, 1.807) is 6.92 Å². The summed E-state index contributed by atoms with van der Waals surface area (Å²) < 4.78 is 18.2. The molecule has 1 amide bonds. The lowest BCUT2D eigenvalue weighted by atomic mass is 10.3. The molecule has 0 aliphatic rings. The maximum atomic E-state index is 12.9. The van der Waals surface area contributed by atoms with Gasteiger partial charge in [-0.05, 0) is 19.1 Å². The molecule has 1 rings (SSSR count). The van der Waals surface area contributed by atoms with Gasteiger partial charge in [-0.2, -0.15) is 0 Å². The van der Waals surface area contributed by atoms with Crippen molar-refractivity contribution in [3.63, 3.8) is 0 Å². The van der Waals surface area contributed by atoms with E-state index in [0.717, 1.165) is 6.07 Å². The summed E-state index contributed by atoms with van der Waals surface area (Å²) in [4.78, 5) is 10.2. The predicted octanol–water partition coefficient (Wildman–Crippen LogP) is 1.44. The van der Waals surface area contributed by atoms with Crippen LogP contribution in [0.4, 0.5) is 14.9 Å². The number of carbonyl (C=O) groups is 1. The van der Waals surface area contributed by atoms with Crippen molar-refractivity contribution in [3.8, 4) is 5.75 Å². The quantitative estimate of drug-likeness (QED) is 0.681. The molecule has 0 saturated carbocycles. The molecule has 1 atom stereocenters. The summed E-state index contributed by atoms with van der Waals surface area (Å²) in [6.07, 6.45) is -1.57. The van der Waals surface area contributed by atoms with E-state index in [4.69, 9.17) is 15.6 Å². The number of amides is 1. The first-order valence-corrected chi connectivity index (χ1v) is 4.67. The third-order valence-electron chi connectivity index (χ3n) is 1.84. The molecule has 16 heavy (non-hydrogen) atoms. The zero-order valence-corrected chi connectivity index (χ0v) is 8.74. The molecule has 4 N–H and O–H groups in total. The highest BCUT2D eigenvalue weighted by Crippen LogP contribution is 2.22. The second-order valence-corrected chi connectivity index (χ2v) is 3.30. The van der Waals surface area contributed by atoms with Gasteiger partial charge in [0.25, 0.3) is 0 Å². The third kappa shape index (κ3) is 3.64. The molecular formula is C10H13FN2O3. The number of benzene rings is 1. The number of halogens is 1. The smallest absolute Gasteiger partial charge is 0.404 e. The summed E-state index contributed by atoms with van der Waals surface area (Å²) >= 11 is 0. The second kappa shape index (κ2) is 5.20. The van der Waals surface area contributed by atoms with E-state index < -0.39 is 18.0 Å². The highest BCUT2D eigenvalue weighted by molar-refractivity contribution is 5.64. The van der Waals surface area contributed by atoms with E-state index in [2.05, 4.69) is 5.32 Å². The topological polar surface area (TPSA) is 84.6 Å². The molecule has 6 heteroatoms. The van der Waals surface area contributed by atoms with Gasteiger partial charge in [0, 0.05) is 6.07 Å². The first-order chi connectivity index (χ1) is 7.49. The van der Waals surface area contributed by atoms with Crippen LogP contribution in [0.25, 0.3) is 0 Å². The molecule has 0 aliphatic heterocycles. The minimum atomic E-state index is -1.14. The minimum Gasteiger partial charge on any atom is -0.487 e. The Morgan fingerprint density at radius 1 is 1.69 bits per heavy atom.